The van der Waals surface area contributed by atoms with E-state index in [1.807, 2.05) is 0 Å². The Bertz CT molecular complexity index is 594. The van der Waals surface area contributed by atoms with Crippen LogP contribution in [-0.4, -0.2) is 13.1 Å². The first-order valence-corrected chi connectivity index (χ1v) is 8.96. The van der Waals surface area contributed by atoms with Gasteiger partial charge in [-0.15, -0.1) is 11.3 Å². The van der Waals surface area contributed by atoms with E-state index in [-0.39, 0.29) is 6.04 Å². The molecule has 2 rings (SSSR count). The van der Waals surface area contributed by atoms with Crippen LogP contribution < -0.4 is 10.6 Å². The molecule has 0 aliphatic rings. The maximum atomic E-state index is 6.06. The van der Waals surface area contributed by atoms with Gasteiger partial charge in [0.2, 0.25) is 0 Å². The molecule has 0 amide bonds. The molecule has 21 heavy (non-hydrogen) atoms. The average Bonchev–Trinajstić information content (AvgIpc) is 2.86. The lowest BCUT2D eigenvalue weighted by molar-refractivity contribution is 0.644. The standard InChI is InChI=1S/C17H23BrN2S/c1-4-15(19)9-14-5-6-16(7-12(14)2)20(3)10-13-8-17(18)21-11-13/h5-8,11,15H,4,9-10,19H2,1-3H3. The highest BCUT2D eigenvalue weighted by Crippen LogP contribution is 2.25. The molecule has 0 bridgehead atoms. The molecule has 0 aliphatic heterocycles. The van der Waals surface area contributed by atoms with Gasteiger partial charge in [0.1, 0.15) is 0 Å². The van der Waals surface area contributed by atoms with Crippen LogP contribution in [0.4, 0.5) is 5.69 Å². The molecule has 0 spiro atoms. The Morgan fingerprint density at radius 2 is 2.10 bits per heavy atom. The fourth-order valence-electron chi connectivity index (χ4n) is 2.37. The minimum absolute atomic E-state index is 0.260. The Morgan fingerprint density at radius 3 is 2.67 bits per heavy atom. The Balaban J connectivity index is 2.08. The topological polar surface area (TPSA) is 29.3 Å². The zero-order chi connectivity index (χ0) is 15.4. The average molecular weight is 367 g/mol. The highest BCUT2D eigenvalue weighted by Gasteiger charge is 2.08. The normalized spacial score (nSPS) is 12.4. The van der Waals surface area contributed by atoms with Crippen molar-refractivity contribution in [2.24, 2.45) is 5.73 Å². The van der Waals surface area contributed by atoms with Crippen molar-refractivity contribution in [2.45, 2.75) is 39.3 Å². The molecule has 0 saturated heterocycles. The minimum atomic E-state index is 0.260. The summed E-state index contributed by atoms with van der Waals surface area (Å²) in [7, 11) is 2.14. The fraction of sp³-hybridized carbons (Fsp3) is 0.412. The summed E-state index contributed by atoms with van der Waals surface area (Å²) in [6, 6.07) is 9.13. The third-order valence-electron chi connectivity index (χ3n) is 3.81. The van der Waals surface area contributed by atoms with E-state index in [1.54, 1.807) is 11.3 Å². The van der Waals surface area contributed by atoms with Crippen molar-refractivity contribution in [3.05, 3.63) is 50.1 Å². The minimum Gasteiger partial charge on any atom is -0.370 e. The molecule has 114 valence electrons. The first kappa shape index (κ1) is 16.5. The molecule has 4 heteroatoms. The maximum Gasteiger partial charge on any atom is 0.0701 e. The third kappa shape index (κ3) is 4.56. The van der Waals surface area contributed by atoms with Gasteiger partial charge in [-0.3, -0.25) is 0 Å². The SMILES string of the molecule is CCC(N)Cc1ccc(N(C)Cc2csc(Br)c2)cc1C. The molecule has 2 nitrogen and oxygen atoms in total. The number of anilines is 1. The van der Waals surface area contributed by atoms with Gasteiger partial charge in [-0.25, -0.2) is 0 Å². The zero-order valence-corrected chi connectivity index (χ0v) is 15.3. The van der Waals surface area contributed by atoms with Crippen molar-refractivity contribution < 1.29 is 0 Å². The van der Waals surface area contributed by atoms with Gasteiger partial charge < -0.3 is 10.6 Å². The van der Waals surface area contributed by atoms with Crippen LogP contribution in [0, 0.1) is 6.92 Å². The summed E-state index contributed by atoms with van der Waals surface area (Å²) in [5, 5.41) is 2.20. The number of nitrogens with two attached hydrogens (primary N) is 1. The molecule has 0 aliphatic carbocycles. The van der Waals surface area contributed by atoms with E-state index < -0.39 is 0 Å². The molecule has 1 atom stereocenters. The number of benzene rings is 1. The van der Waals surface area contributed by atoms with Crippen LogP contribution in [0.15, 0.2) is 33.4 Å². The van der Waals surface area contributed by atoms with Crippen molar-refractivity contribution >= 4 is 33.0 Å². The Kier molecular flexibility index (Phi) is 5.85. The quantitative estimate of drug-likeness (QED) is 0.799. The number of halogens is 1. The van der Waals surface area contributed by atoms with E-state index in [9.17, 15) is 0 Å². The lowest BCUT2D eigenvalue weighted by Crippen LogP contribution is -2.22. The smallest absolute Gasteiger partial charge is 0.0701 e. The first-order chi connectivity index (χ1) is 9.99. The molecule has 0 radical (unpaired) electrons. The highest BCUT2D eigenvalue weighted by molar-refractivity contribution is 9.11. The third-order valence-corrected chi connectivity index (χ3v) is 5.37. The van der Waals surface area contributed by atoms with E-state index in [0.29, 0.717) is 0 Å². The Labute approximate surface area is 140 Å². The number of aryl methyl sites for hydroxylation is 1. The van der Waals surface area contributed by atoms with Gasteiger partial charge in [0.25, 0.3) is 0 Å². The molecular weight excluding hydrogens is 344 g/mol. The largest absolute Gasteiger partial charge is 0.370 e. The maximum absolute atomic E-state index is 6.06. The predicted octanol–water partition coefficient (Wildman–Crippen LogP) is 4.74. The summed E-state index contributed by atoms with van der Waals surface area (Å²) < 4.78 is 1.19. The summed E-state index contributed by atoms with van der Waals surface area (Å²) in [5.41, 5.74) is 11.3. The van der Waals surface area contributed by atoms with Gasteiger partial charge in [-0.1, -0.05) is 13.0 Å². The van der Waals surface area contributed by atoms with Gasteiger partial charge in [-0.2, -0.15) is 0 Å². The lowest BCUT2D eigenvalue weighted by Gasteiger charge is -2.21. The van der Waals surface area contributed by atoms with Gasteiger partial charge in [-0.05, 0) is 76.0 Å². The second-order valence-corrected chi connectivity index (χ2v) is 7.89. The van der Waals surface area contributed by atoms with E-state index in [0.717, 1.165) is 19.4 Å². The molecule has 2 N–H and O–H groups in total. The lowest BCUT2D eigenvalue weighted by atomic mass is 9.99. The molecule has 1 aromatic heterocycles. The number of hydrogen-bond acceptors (Lipinski definition) is 3. The van der Waals surface area contributed by atoms with Crippen molar-refractivity contribution in [3.8, 4) is 0 Å². The molecule has 1 aromatic carbocycles. The van der Waals surface area contributed by atoms with Gasteiger partial charge >= 0.3 is 0 Å². The molecule has 0 saturated carbocycles. The summed E-state index contributed by atoms with van der Waals surface area (Å²) in [6.07, 6.45) is 1.98. The van der Waals surface area contributed by atoms with Crippen molar-refractivity contribution in [1.82, 2.24) is 0 Å². The monoisotopic (exact) mass is 366 g/mol. The number of hydrogen-bond donors (Lipinski definition) is 1. The molecule has 2 aromatic rings. The molecule has 1 heterocycles. The van der Waals surface area contributed by atoms with E-state index in [4.69, 9.17) is 5.73 Å². The second kappa shape index (κ2) is 7.43. The van der Waals surface area contributed by atoms with Gasteiger partial charge in [0, 0.05) is 25.3 Å². The fourth-order valence-corrected chi connectivity index (χ4v) is 3.57. The summed E-state index contributed by atoms with van der Waals surface area (Å²) in [6.45, 7) is 5.24. The van der Waals surface area contributed by atoms with Crippen LogP contribution in [0.2, 0.25) is 0 Å². The van der Waals surface area contributed by atoms with E-state index in [1.165, 1.54) is 26.2 Å². The van der Waals surface area contributed by atoms with Crippen LogP contribution in [-0.2, 0) is 13.0 Å². The molecule has 1 unspecified atom stereocenters. The Hall–Kier alpha value is -0.840. The summed E-state index contributed by atoms with van der Waals surface area (Å²) >= 11 is 5.25. The van der Waals surface area contributed by atoms with Gasteiger partial charge in [0.15, 0.2) is 0 Å². The van der Waals surface area contributed by atoms with Crippen LogP contribution in [0.3, 0.4) is 0 Å². The number of nitrogens with zero attached hydrogens (tertiary/aromatic N) is 1. The number of thiophene rings is 1. The van der Waals surface area contributed by atoms with Crippen LogP contribution >= 0.6 is 27.3 Å². The second-order valence-electron chi connectivity index (χ2n) is 5.60. The van der Waals surface area contributed by atoms with Crippen molar-refractivity contribution in [1.29, 1.82) is 0 Å². The summed E-state index contributed by atoms with van der Waals surface area (Å²) in [4.78, 5) is 2.28. The summed E-state index contributed by atoms with van der Waals surface area (Å²) in [5.74, 6) is 0. The highest BCUT2D eigenvalue weighted by atomic mass is 79.9. The van der Waals surface area contributed by atoms with Crippen molar-refractivity contribution in [2.75, 3.05) is 11.9 Å². The van der Waals surface area contributed by atoms with Crippen LogP contribution in [0.5, 0.6) is 0 Å². The zero-order valence-electron chi connectivity index (χ0n) is 12.9. The Morgan fingerprint density at radius 1 is 1.33 bits per heavy atom. The molecule has 0 fully saturated rings. The van der Waals surface area contributed by atoms with Crippen molar-refractivity contribution in [3.63, 3.8) is 0 Å². The predicted molar refractivity (Wildman–Crippen MR) is 97.3 cm³/mol. The van der Waals surface area contributed by atoms with E-state index >= 15 is 0 Å². The number of rotatable bonds is 6. The van der Waals surface area contributed by atoms with Crippen LogP contribution in [0.1, 0.15) is 30.0 Å². The van der Waals surface area contributed by atoms with Crippen LogP contribution in [0.25, 0.3) is 0 Å². The first-order valence-electron chi connectivity index (χ1n) is 7.28. The van der Waals surface area contributed by atoms with Gasteiger partial charge in [0.05, 0.1) is 3.79 Å². The molecular formula is C17H23BrN2S. The van der Waals surface area contributed by atoms with E-state index in [2.05, 4.69) is 71.4 Å².